The number of nitrogens with zero attached hydrogens (tertiary/aromatic N) is 2. The van der Waals surface area contributed by atoms with E-state index in [1.165, 1.54) is 0 Å². The van der Waals surface area contributed by atoms with Crippen molar-refractivity contribution in [3.63, 3.8) is 0 Å². The second-order valence-corrected chi connectivity index (χ2v) is 7.18. The Bertz CT molecular complexity index is 967. The van der Waals surface area contributed by atoms with Crippen LogP contribution in [0.25, 0.3) is 0 Å². The summed E-state index contributed by atoms with van der Waals surface area (Å²) in [6.07, 6.45) is 0.322. The van der Waals surface area contributed by atoms with E-state index >= 15 is 0 Å². The first-order chi connectivity index (χ1) is 13.1. The van der Waals surface area contributed by atoms with E-state index in [2.05, 4.69) is 15.7 Å². The highest BCUT2D eigenvalue weighted by Crippen LogP contribution is 2.42. The van der Waals surface area contributed by atoms with Crippen LogP contribution in [0.5, 0.6) is 5.75 Å². The Morgan fingerprint density at radius 3 is 2.89 bits per heavy atom. The Morgan fingerprint density at radius 2 is 2.15 bits per heavy atom. The zero-order chi connectivity index (χ0) is 18.8. The van der Waals surface area contributed by atoms with Crippen LogP contribution in [-0.2, 0) is 16.6 Å². The van der Waals surface area contributed by atoms with Crippen molar-refractivity contribution in [1.29, 1.82) is 0 Å². The topological polar surface area (TPSA) is 85.2 Å². The van der Waals surface area contributed by atoms with Gasteiger partial charge in [-0.25, -0.2) is 0 Å². The minimum atomic E-state index is -0.304. The number of aryl methyl sites for hydroxylation is 1. The molecule has 0 fully saturated rings. The summed E-state index contributed by atoms with van der Waals surface area (Å²) in [4.78, 5) is 25.6. The molecular weight excluding hydrogens is 364 g/mol. The molecule has 3 heterocycles. The van der Waals surface area contributed by atoms with Crippen LogP contribution in [0.3, 0.4) is 0 Å². The third kappa shape index (κ3) is 3.56. The normalized spacial score (nSPS) is 15.7. The van der Waals surface area contributed by atoms with E-state index in [1.54, 1.807) is 35.2 Å². The molecule has 1 aromatic carbocycles. The monoisotopic (exact) mass is 382 g/mol. The van der Waals surface area contributed by atoms with E-state index < -0.39 is 0 Å². The van der Waals surface area contributed by atoms with Crippen molar-refractivity contribution in [1.82, 2.24) is 9.78 Å². The molecule has 8 heteroatoms. The lowest BCUT2D eigenvalue weighted by Gasteiger charge is -2.23. The predicted molar refractivity (Wildman–Crippen MR) is 103 cm³/mol. The Hall–Kier alpha value is -3.13. The summed E-state index contributed by atoms with van der Waals surface area (Å²) in [5, 5.41) is 12.1. The number of aromatic nitrogens is 2. The smallest absolute Gasteiger partial charge is 0.263 e. The zero-order valence-corrected chi connectivity index (χ0v) is 15.5. The minimum absolute atomic E-state index is 0.0609. The van der Waals surface area contributed by atoms with Crippen molar-refractivity contribution in [2.24, 2.45) is 7.05 Å². The van der Waals surface area contributed by atoms with Gasteiger partial charge in [0.25, 0.3) is 5.91 Å². The number of amides is 2. The second kappa shape index (κ2) is 7.24. The first kappa shape index (κ1) is 17.3. The molecule has 1 atom stereocenters. The third-order valence-electron chi connectivity index (χ3n) is 4.34. The Morgan fingerprint density at radius 1 is 1.33 bits per heavy atom. The van der Waals surface area contributed by atoms with E-state index in [9.17, 15) is 9.59 Å². The highest BCUT2D eigenvalue weighted by atomic mass is 32.1. The number of rotatable bonds is 5. The van der Waals surface area contributed by atoms with Gasteiger partial charge in [-0.15, -0.1) is 11.3 Å². The summed E-state index contributed by atoms with van der Waals surface area (Å²) < 4.78 is 7.08. The summed E-state index contributed by atoms with van der Waals surface area (Å²) in [7, 11) is 1.74. The summed E-state index contributed by atoms with van der Waals surface area (Å²) in [6.45, 7) is -0.120. The van der Waals surface area contributed by atoms with Crippen LogP contribution in [0.4, 0.5) is 11.6 Å². The van der Waals surface area contributed by atoms with Crippen LogP contribution >= 0.6 is 11.3 Å². The van der Waals surface area contributed by atoms with Crippen LogP contribution in [0.15, 0.2) is 47.8 Å². The summed E-state index contributed by atoms with van der Waals surface area (Å²) in [6, 6.07) is 13.1. The first-order valence-electron chi connectivity index (χ1n) is 8.49. The molecule has 0 saturated carbocycles. The largest absolute Gasteiger partial charge is 0.484 e. The van der Waals surface area contributed by atoms with E-state index in [1.807, 2.05) is 35.7 Å². The van der Waals surface area contributed by atoms with Gasteiger partial charge in [0.05, 0.1) is 0 Å². The van der Waals surface area contributed by atoms with Crippen molar-refractivity contribution >= 4 is 34.8 Å². The molecule has 1 aliphatic rings. The third-order valence-corrected chi connectivity index (χ3v) is 5.32. The number of fused-ring (bicyclic) bond motifs is 1. The van der Waals surface area contributed by atoms with Gasteiger partial charge >= 0.3 is 0 Å². The second-order valence-electron chi connectivity index (χ2n) is 6.20. The van der Waals surface area contributed by atoms with E-state index in [0.29, 0.717) is 23.8 Å². The van der Waals surface area contributed by atoms with E-state index in [-0.39, 0.29) is 24.3 Å². The zero-order valence-electron chi connectivity index (χ0n) is 14.6. The van der Waals surface area contributed by atoms with Gasteiger partial charge in [-0.2, -0.15) is 5.10 Å². The highest BCUT2D eigenvalue weighted by Gasteiger charge is 2.34. The summed E-state index contributed by atoms with van der Waals surface area (Å²) in [5.41, 5.74) is 0.826. The SMILES string of the molecule is Cn1nc(NC(=O)COc2ccccc2)c2c1NC(=O)CC2c1cccs1. The molecule has 2 N–H and O–H groups in total. The number of carbonyl (C=O) groups is 2. The maximum atomic E-state index is 12.4. The van der Waals surface area contributed by atoms with Crippen molar-refractivity contribution in [3.05, 3.63) is 58.3 Å². The summed E-state index contributed by atoms with van der Waals surface area (Å²) in [5.74, 6) is 1.19. The number of benzene rings is 1. The molecule has 1 aliphatic heterocycles. The lowest BCUT2D eigenvalue weighted by molar-refractivity contribution is -0.118. The number of thiophene rings is 1. The molecule has 0 radical (unpaired) electrons. The molecular formula is C19H18N4O3S. The van der Waals surface area contributed by atoms with Gasteiger partial charge in [0, 0.05) is 29.8 Å². The number of nitrogens with one attached hydrogen (secondary N) is 2. The lowest BCUT2D eigenvalue weighted by Crippen LogP contribution is -2.25. The molecule has 0 saturated heterocycles. The Kier molecular flexibility index (Phi) is 4.64. The maximum absolute atomic E-state index is 12.4. The molecule has 3 aromatic rings. The molecule has 1 unspecified atom stereocenters. The quantitative estimate of drug-likeness (QED) is 0.710. The Balaban J connectivity index is 1.56. The van der Waals surface area contributed by atoms with Crippen LogP contribution < -0.4 is 15.4 Å². The average molecular weight is 382 g/mol. The molecule has 138 valence electrons. The number of anilines is 2. The van der Waals surface area contributed by atoms with Crippen LogP contribution in [-0.4, -0.2) is 28.2 Å². The average Bonchev–Trinajstić information content (AvgIpc) is 3.30. The molecule has 7 nitrogen and oxygen atoms in total. The van der Waals surface area contributed by atoms with Gasteiger partial charge in [-0.1, -0.05) is 24.3 Å². The number of para-hydroxylation sites is 1. The number of hydrogen-bond acceptors (Lipinski definition) is 5. The summed E-state index contributed by atoms with van der Waals surface area (Å²) >= 11 is 1.59. The molecule has 2 amide bonds. The number of hydrogen-bond donors (Lipinski definition) is 2. The molecule has 27 heavy (non-hydrogen) atoms. The molecule has 0 bridgehead atoms. The van der Waals surface area contributed by atoms with Gasteiger partial charge in [-0.05, 0) is 23.6 Å². The van der Waals surface area contributed by atoms with Crippen LogP contribution in [0.2, 0.25) is 0 Å². The van der Waals surface area contributed by atoms with Gasteiger partial charge in [0.2, 0.25) is 5.91 Å². The number of carbonyl (C=O) groups excluding carboxylic acids is 2. The van der Waals surface area contributed by atoms with Crippen molar-refractivity contribution in [2.45, 2.75) is 12.3 Å². The van der Waals surface area contributed by atoms with Crippen molar-refractivity contribution in [2.75, 3.05) is 17.2 Å². The fraction of sp³-hybridized carbons (Fsp3) is 0.211. The molecule has 0 spiro atoms. The first-order valence-corrected chi connectivity index (χ1v) is 9.37. The molecule has 4 rings (SSSR count). The predicted octanol–water partition coefficient (Wildman–Crippen LogP) is 2.97. The number of ether oxygens (including phenoxy) is 1. The van der Waals surface area contributed by atoms with Gasteiger partial charge in [-0.3, -0.25) is 14.3 Å². The van der Waals surface area contributed by atoms with Gasteiger partial charge in [0.1, 0.15) is 11.6 Å². The van der Waals surface area contributed by atoms with Crippen molar-refractivity contribution in [3.8, 4) is 5.75 Å². The van der Waals surface area contributed by atoms with E-state index in [4.69, 9.17) is 4.74 Å². The maximum Gasteiger partial charge on any atom is 0.263 e. The van der Waals surface area contributed by atoms with Gasteiger partial charge in [0.15, 0.2) is 12.4 Å². The Labute approximate surface area is 160 Å². The fourth-order valence-electron chi connectivity index (χ4n) is 3.15. The fourth-order valence-corrected chi connectivity index (χ4v) is 3.98. The standard InChI is InChI=1S/C19H18N4O3S/c1-23-19-17(13(10-15(24)21-19)14-8-5-9-27-14)18(22-23)20-16(25)11-26-12-6-3-2-4-7-12/h2-9,13H,10-11H2,1H3,(H,21,24)(H,20,22,25). The highest BCUT2D eigenvalue weighted by molar-refractivity contribution is 7.10. The molecule has 2 aromatic heterocycles. The van der Waals surface area contributed by atoms with Crippen LogP contribution in [0, 0.1) is 0 Å². The van der Waals surface area contributed by atoms with E-state index in [0.717, 1.165) is 10.4 Å². The van der Waals surface area contributed by atoms with Crippen molar-refractivity contribution < 1.29 is 14.3 Å². The minimum Gasteiger partial charge on any atom is -0.484 e. The molecule has 0 aliphatic carbocycles. The van der Waals surface area contributed by atoms with Gasteiger partial charge < -0.3 is 15.4 Å². The van der Waals surface area contributed by atoms with Crippen LogP contribution in [0.1, 0.15) is 22.8 Å². The lowest BCUT2D eigenvalue weighted by atomic mass is 9.92.